The van der Waals surface area contributed by atoms with Crippen LogP contribution in [0, 0.1) is 0 Å². The predicted octanol–water partition coefficient (Wildman–Crippen LogP) is 2.29. The summed E-state index contributed by atoms with van der Waals surface area (Å²) >= 11 is 10.3. The van der Waals surface area contributed by atoms with Crippen molar-refractivity contribution < 1.29 is 13.6 Å². The maximum Gasteiger partial charge on any atom is 0.380 e. The molecule has 0 fully saturated rings. The smallest absolute Gasteiger partial charge is 0.329 e. The van der Waals surface area contributed by atoms with E-state index in [1.807, 2.05) is 21.1 Å². The number of quaternary nitrogens is 1. The van der Waals surface area contributed by atoms with Gasteiger partial charge in [0.15, 0.2) is 0 Å². The van der Waals surface area contributed by atoms with Gasteiger partial charge in [-0.15, -0.1) is 0 Å². The van der Waals surface area contributed by atoms with Crippen molar-refractivity contribution in [2.45, 2.75) is 0 Å². The van der Waals surface area contributed by atoms with Gasteiger partial charge in [-0.3, -0.25) is 4.57 Å². The van der Waals surface area contributed by atoms with Crippen LogP contribution in [0.4, 0.5) is 0 Å². The molecule has 0 amide bonds. The summed E-state index contributed by atoms with van der Waals surface area (Å²) in [6.45, 7) is 1.04. The van der Waals surface area contributed by atoms with E-state index in [1.165, 1.54) is 0 Å². The standard InChI is InChI=1S/C5H13Cl2NO2P/c1-8(2,3)4-5-10-11(6,7)9/h4-5H2,1-3H3/q+1. The summed E-state index contributed by atoms with van der Waals surface area (Å²) < 4.78 is 16.0. The summed E-state index contributed by atoms with van der Waals surface area (Å²) in [5, 5.41) is 0. The number of hydrogen-bond donors (Lipinski definition) is 0. The van der Waals surface area contributed by atoms with Gasteiger partial charge < -0.3 is 9.01 Å². The number of likely N-dealkylation sites (N-methyl/N-ethyl adjacent to an activating group) is 1. The molecule has 11 heavy (non-hydrogen) atoms. The SMILES string of the molecule is C[N+](C)(C)CCOP(=O)(Cl)Cl. The van der Waals surface area contributed by atoms with Crippen molar-refractivity contribution in [3.05, 3.63) is 0 Å². The maximum absolute atomic E-state index is 10.6. The van der Waals surface area contributed by atoms with E-state index in [1.54, 1.807) is 0 Å². The second-order valence-electron chi connectivity index (χ2n) is 3.26. The molecule has 0 radical (unpaired) electrons. The molecule has 0 aromatic carbocycles. The third kappa shape index (κ3) is 10.7. The van der Waals surface area contributed by atoms with Crippen LogP contribution in [-0.2, 0) is 9.09 Å². The zero-order chi connectivity index (χ0) is 9.12. The molecular formula is C5H13Cl2NO2P+. The Labute approximate surface area is 76.8 Å². The van der Waals surface area contributed by atoms with Crippen LogP contribution in [0.5, 0.6) is 0 Å². The molecule has 0 spiro atoms. The van der Waals surface area contributed by atoms with E-state index in [-0.39, 0.29) is 0 Å². The fourth-order valence-corrected chi connectivity index (χ4v) is 1.13. The minimum absolute atomic E-state index is 0.313. The number of halogens is 2. The largest absolute Gasteiger partial charge is 0.380 e. The molecule has 3 nitrogen and oxygen atoms in total. The van der Waals surface area contributed by atoms with Crippen molar-refractivity contribution in [1.82, 2.24) is 0 Å². The Morgan fingerprint density at radius 3 is 2.09 bits per heavy atom. The molecule has 0 N–H and O–H groups in total. The van der Waals surface area contributed by atoms with Crippen LogP contribution in [-0.4, -0.2) is 38.8 Å². The van der Waals surface area contributed by atoms with E-state index in [4.69, 9.17) is 22.5 Å². The Kier molecular flexibility index (Phi) is 4.38. The first kappa shape index (κ1) is 11.7. The lowest BCUT2D eigenvalue weighted by Crippen LogP contribution is -2.37. The Morgan fingerprint density at radius 2 is 1.82 bits per heavy atom. The molecule has 6 heteroatoms. The van der Waals surface area contributed by atoms with E-state index in [0.717, 1.165) is 11.0 Å². The lowest BCUT2D eigenvalue weighted by Gasteiger charge is -2.23. The van der Waals surface area contributed by atoms with Crippen molar-refractivity contribution in [2.24, 2.45) is 0 Å². The zero-order valence-corrected chi connectivity index (χ0v) is 9.29. The van der Waals surface area contributed by atoms with E-state index >= 15 is 0 Å². The van der Waals surface area contributed by atoms with Gasteiger partial charge in [-0.2, -0.15) is 0 Å². The van der Waals surface area contributed by atoms with E-state index in [2.05, 4.69) is 4.52 Å². The Hall–Kier alpha value is 0.730. The summed E-state index contributed by atoms with van der Waals surface area (Å²) in [6, 6.07) is 0. The van der Waals surface area contributed by atoms with Gasteiger partial charge in [-0.25, -0.2) is 0 Å². The van der Waals surface area contributed by atoms with Gasteiger partial charge in [-0.05, 0) is 22.5 Å². The van der Waals surface area contributed by atoms with Gasteiger partial charge in [0.05, 0.1) is 21.1 Å². The topological polar surface area (TPSA) is 26.3 Å². The average molecular weight is 221 g/mol. The first-order chi connectivity index (χ1) is 4.71. The van der Waals surface area contributed by atoms with Crippen molar-refractivity contribution >= 4 is 28.6 Å². The average Bonchev–Trinajstić information content (AvgIpc) is 1.55. The summed E-state index contributed by atoms with van der Waals surface area (Å²) in [5.41, 5.74) is 0. The summed E-state index contributed by atoms with van der Waals surface area (Å²) in [4.78, 5) is 0. The minimum atomic E-state index is -3.32. The van der Waals surface area contributed by atoms with E-state index < -0.39 is 6.07 Å². The minimum Gasteiger partial charge on any atom is -0.329 e. The molecule has 0 unspecified atom stereocenters. The molecule has 0 heterocycles. The molecule has 0 aliphatic heterocycles. The van der Waals surface area contributed by atoms with Gasteiger partial charge in [0.1, 0.15) is 13.2 Å². The molecular weight excluding hydrogens is 208 g/mol. The van der Waals surface area contributed by atoms with Crippen molar-refractivity contribution in [2.75, 3.05) is 34.3 Å². The molecule has 0 atom stereocenters. The Morgan fingerprint density at radius 1 is 1.36 bits per heavy atom. The van der Waals surface area contributed by atoms with E-state index in [9.17, 15) is 4.57 Å². The normalized spacial score (nSPS) is 13.5. The molecule has 0 aromatic rings. The van der Waals surface area contributed by atoms with Crippen LogP contribution < -0.4 is 0 Å². The van der Waals surface area contributed by atoms with Gasteiger partial charge in [0.2, 0.25) is 0 Å². The number of nitrogens with zero attached hydrogens (tertiary/aromatic N) is 1. The number of hydrogen-bond acceptors (Lipinski definition) is 2. The van der Waals surface area contributed by atoms with Gasteiger partial charge in [-0.1, -0.05) is 0 Å². The van der Waals surface area contributed by atoms with Crippen LogP contribution in [0.15, 0.2) is 0 Å². The highest BCUT2D eigenvalue weighted by Crippen LogP contribution is 2.57. The first-order valence-corrected chi connectivity index (χ1v) is 6.58. The van der Waals surface area contributed by atoms with Crippen LogP contribution in [0.3, 0.4) is 0 Å². The Bertz CT molecular complexity index is 162. The summed E-state index contributed by atoms with van der Waals surface area (Å²) in [5.74, 6) is 0. The first-order valence-electron chi connectivity index (χ1n) is 3.15. The maximum atomic E-state index is 10.6. The molecule has 0 bridgehead atoms. The fourth-order valence-electron chi connectivity index (χ4n) is 0.421. The highest BCUT2D eigenvalue weighted by molar-refractivity contribution is 8.05. The third-order valence-electron chi connectivity index (χ3n) is 1.00. The zero-order valence-electron chi connectivity index (χ0n) is 6.88. The molecule has 0 rings (SSSR count). The molecule has 0 aliphatic carbocycles. The van der Waals surface area contributed by atoms with Crippen molar-refractivity contribution in [1.29, 1.82) is 0 Å². The van der Waals surface area contributed by atoms with E-state index in [0.29, 0.717) is 6.61 Å². The molecule has 0 aromatic heterocycles. The highest BCUT2D eigenvalue weighted by atomic mass is 35.9. The van der Waals surface area contributed by atoms with Crippen LogP contribution in [0.2, 0.25) is 0 Å². The quantitative estimate of drug-likeness (QED) is 0.537. The third-order valence-corrected chi connectivity index (χ3v) is 2.07. The molecule has 0 saturated carbocycles. The summed E-state index contributed by atoms with van der Waals surface area (Å²) in [7, 11) is 5.99. The predicted molar refractivity (Wildman–Crippen MR) is 48.2 cm³/mol. The van der Waals surface area contributed by atoms with Gasteiger partial charge >= 0.3 is 6.07 Å². The van der Waals surface area contributed by atoms with Crippen molar-refractivity contribution in [3.63, 3.8) is 0 Å². The fraction of sp³-hybridized carbons (Fsp3) is 1.00. The Balaban J connectivity index is 3.52. The van der Waals surface area contributed by atoms with Gasteiger partial charge in [0.25, 0.3) is 0 Å². The van der Waals surface area contributed by atoms with Crippen LogP contribution in [0.25, 0.3) is 0 Å². The monoisotopic (exact) mass is 220 g/mol. The lowest BCUT2D eigenvalue weighted by atomic mass is 10.5. The van der Waals surface area contributed by atoms with Crippen LogP contribution >= 0.6 is 28.6 Å². The summed E-state index contributed by atoms with van der Waals surface area (Å²) in [6.07, 6.45) is -3.32. The lowest BCUT2D eigenvalue weighted by molar-refractivity contribution is -0.870. The molecule has 68 valence electrons. The number of rotatable bonds is 4. The van der Waals surface area contributed by atoms with Gasteiger partial charge in [0, 0.05) is 0 Å². The molecule has 0 saturated heterocycles. The highest BCUT2D eigenvalue weighted by Gasteiger charge is 2.16. The second-order valence-corrected chi connectivity index (χ2v) is 7.54. The van der Waals surface area contributed by atoms with Crippen LogP contribution in [0.1, 0.15) is 0 Å². The second kappa shape index (κ2) is 4.11. The molecule has 0 aliphatic rings. The van der Waals surface area contributed by atoms with Crippen molar-refractivity contribution in [3.8, 4) is 0 Å².